The van der Waals surface area contributed by atoms with Crippen molar-refractivity contribution in [1.29, 1.82) is 0 Å². The van der Waals surface area contributed by atoms with Crippen molar-refractivity contribution in [3.05, 3.63) is 57.1 Å². The zero-order valence-corrected chi connectivity index (χ0v) is 11.0. The number of anilines is 1. The molecule has 0 unspecified atom stereocenters. The number of carbonyl (C=O) groups is 1. The summed E-state index contributed by atoms with van der Waals surface area (Å²) in [5.41, 5.74) is 1.97. The number of amides is 1. The Hall–Kier alpha value is -2.67. The number of carbonyl (C=O) groups excluding carboxylic acids is 1. The van der Waals surface area contributed by atoms with E-state index < -0.39 is 0 Å². The summed E-state index contributed by atoms with van der Waals surface area (Å²) < 4.78 is 0. The van der Waals surface area contributed by atoms with Crippen molar-refractivity contribution in [3.63, 3.8) is 0 Å². The van der Waals surface area contributed by atoms with E-state index in [1.807, 2.05) is 16.8 Å². The van der Waals surface area contributed by atoms with Gasteiger partial charge in [-0.05, 0) is 17.5 Å². The third-order valence-corrected chi connectivity index (χ3v) is 3.38. The molecule has 3 aromatic heterocycles. The number of aromatic nitrogens is 3. The normalized spacial score (nSPS) is 10.4. The summed E-state index contributed by atoms with van der Waals surface area (Å²) in [6, 6.07) is 6.48. The Balaban J connectivity index is 1.76. The van der Waals surface area contributed by atoms with Crippen molar-refractivity contribution in [3.8, 4) is 11.3 Å². The predicted octanol–water partition coefficient (Wildman–Crippen LogP) is 2.08. The fraction of sp³-hybridized carbons (Fsp3) is 0. The summed E-state index contributed by atoms with van der Waals surface area (Å²) in [5, 5.41) is 13.5. The molecule has 0 atom stereocenters. The lowest BCUT2D eigenvalue weighted by molar-refractivity contribution is 0.102. The molecule has 20 heavy (non-hydrogen) atoms. The Morgan fingerprint density at radius 3 is 2.90 bits per heavy atom. The first-order valence-corrected chi connectivity index (χ1v) is 6.75. The molecule has 0 saturated carbocycles. The molecule has 0 bridgehead atoms. The van der Waals surface area contributed by atoms with Crippen molar-refractivity contribution >= 4 is 23.1 Å². The van der Waals surface area contributed by atoms with Gasteiger partial charge in [-0.15, -0.1) is 0 Å². The van der Waals surface area contributed by atoms with Crippen LogP contribution >= 0.6 is 11.3 Å². The summed E-state index contributed by atoms with van der Waals surface area (Å²) in [6.07, 6.45) is 1.37. The molecule has 0 fully saturated rings. The van der Waals surface area contributed by atoms with Crippen molar-refractivity contribution in [2.24, 2.45) is 0 Å². The smallest absolute Gasteiger partial charge is 0.258 e. The van der Waals surface area contributed by atoms with Crippen molar-refractivity contribution in [1.82, 2.24) is 15.2 Å². The Morgan fingerprint density at radius 1 is 1.30 bits per heavy atom. The highest BCUT2D eigenvalue weighted by atomic mass is 32.1. The maximum atomic E-state index is 11.9. The first-order valence-electron chi connectivity index (χ1n) is 5.80. The largest absolute Gasteiger partial charge is 0.328 e. The van der Waals surface area contributed by atoms with Crippen LogP contribution < -0.4 is 10.9 Å². The number of nitrogens with one attached hydrogen (secondary N) is 3. The molecule has 3 heterocycles. The zero-order chi connectivity index (χ0) is 13.9. The number of hydrogen-bond acceptors (Lipinski definition) is 4. The van der Waals surface area contributed by atoms with E-state index in [2.05, 4.69) is 20.5 Å². The van der Waals surface area contributed by atoms with E-state index in [-0.39, 0.29) is 11.5 Å². The van der Waals surface area contributed by atoms with E-state index in [1.54, 1.807) is 17.4 Å². The quantitative estimate of drug-likeness (QED) is 0.688. The third-order valence-electron chi connectivity index (χ3n) is 2.70. The number of hydrogen-bond donors (Lipinski definition) is 3. The minimum Gasteiger partial charge on any atom is -0.328 e. The number of rotatable bonds is 3. The van der Waals surface area contributed by atoms with Crippen LogP contribution in [-0.4, -0.2) is 21.1 Å². The summed E-state index contributed by atoms with van der Waals surface area (Å²) in [4.78, 5) is 25.3. The maximum absolute atomic E-state index is 11.9. The Labute approximate surface area is 117 Å². The fourth-order valence-corrected chi connectivity index (χ4v) is 2.35. The molecule has 1 amide bonds. The molecule has 0 aliphatic rings. The van der Waals surface area contributed by atoms with Crippen LogP contribution in [0.4, 0.5) is 5.82 Å². The molecule has 0 saturated heterocycles. The van der Waals surface area contributed by atoms with Crippen LogP contribution in [0.15, 0.2) is 46.0 Å². The predicted molar refractivity (Wildman–Crippen MR) is 76.9 cm³/mol. The average Bonchev–Trinajstić information content (AvgIpc) is 3.09. The number of thiophene rings is 1. The van der Waals surface area contributed by atoms with Gasteiger partial charge in [0.1, 0.15) is 0 Å². The second kappa shape index (κ2) is 5.14. The first kappa shape index (κ1) is 12.4. The van der Waals surface area contributed by atoms with E-state index in [9.17, 15) is 9.59 Å². The van der Waals surface area contributed by atoms with Crippen LogP contribution in [0.1, 0.15) is 10.4 Å². The molecule has 0 aliphatic heterocycles. The van der Waals surface area contributed by atoms with Gasteiger partial charge in [-0.1, -0.05) is 0 Å². The number of aromatic amines is 2. The molecule has 100 valence electrons. The molecule has 3 N–H and O–H groups in total. The van der Waals surface area contributed by atoms with Gasteiger partial charge in [-0.25, -0.2) is 0 Å². The summed E-state index contributed by atoms with van der Waals surface area (Å²) in [7, 11) is 0. The second-order valence-electron chi connectivity index (χ2n) is 4.07. The SMILES string of the molecule is O=C(Nc1cc(-c2ccsc2)[nH]n1)c1ccc(=O)[nH]c1. The van der Waals surface area contributed by atoms with E-state index in [0.717, 1.165) is 11.3 Å². The maximum Gasteiger partial charge on any atom is 0.258 e. The molecule has 0 radical (unpaired) electrons. The lowest BCUT2D eigenvalue weighted by Crippen LogP contribution is -2.14. The molecule has 0 spiro atoms. The van der Waals surface area contributed by atoms with Crippen LogP contribution in [0, 0.1) is 0 Å². The summed E-state index contributed by atoms with van der Waals surface area (Å²) in [5.74, 6) is 0.104. The van der Waals surface area contributed by atoms with E-state index >= 15 is 0 Å². The molecular weight excluding hydrogens is 276 g/mol. The fourth-order valence-electron chi connectivity index (χ4n) is 1.69. The van der Waals surface area contributed by atoms with Crippen LogP contribution in [0.3, 0.4) is 0 Å². The van der Waals surface area contributed by atoms with Gasteiger partial charge in [0.15, 0.2) is 5.82 Å². The highest BCUT2D eigenvalue weighted by Crippen LogP contribution is 2.22. The Kier molecular flexibility index (Phi) is 3.18. The molecule has 7 heteroatoms. The summed E-state index contributed by atoms with van der Waals surface area (Å²) in [6.45, 7) is 0. The Morgan fingerprint density at radius 2 is 2.20 bits per heavy atom. The zero-order valence-electron chi connectivity index (χ0n) is 10.2. The van der Waals surface area contributed by atoms with E-state index in [4.69, 9.17) is 0 Å². The van der Waals surface area contributed by atoms with Crippen molar-refractivity contribution in [2.45, 2.75) is 0 Å². The van der Waals surface area contributed by atoms with Gasteiger partial charge in [-0.3, -0.25) is 14.7 Å². The van der Waals surface area contributed by atoms with Gasteiger partial charge in [0.2, 0.25) is 5.56 Å². The van der Waals surface area contributed by atoms with Crippen molar-refractivity contribution < 1.29 is 4.79 Å². The van der Waals surface area contributed by atoms with E-state index in [0.29, 0.717) is 11.4 Å². The topological polar surface area (TPSA) is 90.6 Å². The lowest BCUT2D eigenvalue weighted by Gasteiger charge is -2.00. The molecule has 6 nitrogen and oxygen atoms in total. The van der Waals surface area contributed by atoms with Crippen LogP contribution in [0.5, 0.6) is 0 Å². The van der Waals surface area contributed by atoms with Gasteiger partial charge in [0.25, 0.3) is 5.91 Å². The van der Waals surface area contributed by atoms with Crippen LogP contribution in [-0.2, 0) is 0 Å². The van der Waals surface area contributed by atoms with Gasteiger partial charge < -0.3 is 10.3 Å². The molecule has 0 aliphatic carbocycles. The molecule has 3 rings (SSSR count). The minimum absolute atomic E-state index is 0.249. The van der Waals surface area contributed by atoms with Crippen molar-refractivity contribution in [2.75, 3.05) is 5.32 Å². The molecule has 0 aromatic carbocycles. The van der Waals surface area contributed by atoms with Crippen LogP contribution in [0.2, 0.25) is 0 Å². The second-order valence-corrected chi connectivity index (χ2v) is 4.85. The minimum atomic E-state index is -0.329. The highest BCUT2D eigenvalue weighted by molar-refractivity contribution is 7.08. The monoisotopic (exact) mass is 286 g/mol. The van der Waals surface area contributed by atoms with Gasteiger partial charge in [0, 0.05) is 29.3 Å². The van der Waals surface area contributed by atoms with Gasteiger partial charge >= 0.3 is 0 Å². The van der Waals surface area contributed by atoms with E-state index in [1.165, 1.54) is 18.3 Å². The summed E-state index contributed by atoms with van der Waals surface area (Å²) >= 11 is 1.59. The van der Waals surface area contributed by atoms with Crippen LogP contribution in [0.25, 0.3) is 11.3 Å². The number of nitrogens with zero attached hydrogens (tertiary/aromatic N) is 1. The molecule has 3 aromatic rings. The van der Waals surface area contributed by atoms with Gasteiger partial charge in [0.05, 0.1) is 11.3 Å². The first-order chi connectivity index (χ1) is 9.72. The van der Waals surface area contributed by atoms with Gasteiger partial charge in [-0.2, -0.15) is 16.4 Å². The average molecular weight is 286 g/mol. The lowest BCUT2D eigenvalue weighted by atomic mass is 10.2. The third kappa shape index (κ3) is 2.52. The number of pyridine rings is 1. The standard InChI is InChI=1S/C13H10N4O2S/c18-12-2-1-8(6-14-12)13(19)15-11-5-10(16-17-11)9-3-4-20-7-9/h1-7H,(H,14,18)(H2,15,16,17,19). The number of H-pyrrole nitrogens is 2. The highest BCUT2D eigenvalue weighted by Gasteiger charge is 2.09. The molecular formula is C13H10N4O2S. The Bertz CT molecular complexity index is 768.